The van der Waals surface area contributed by atoms with Gasteiger partial charge in [0.25, 0.3) is 0 Å². The highest BCUT2D eigenvalue weighted by Gasteiger charge is 2.38. The van der Waals surface area contributed by atoms with Crippen LogP contribution < -0.4 is 14.7 Å². The fourth-order valence-corrected chi connectivity index (χ4v) is 12.1. The molecule has 4 nitrogen and oxygen atoms in total. The zero-order chi connectivity index (χ0) is 51.2. The van der Waals surface area contributed by atoms with Crippen LogP contribution in [0.1, 0.15) is 30.4 Å². The van der Waals surface area contributed by atoms with E-state index < -0.39 is 0 Å². The van der Waals surface area contributed by atoms with Gasteiger partial charge in [0.15, 0.2) is 0 Å². The lowest BCUT2D eigenvalue weighted by Gasteiger charge is -2.28. The number of benzene rings is 10. The van der Waals surface area contributed by atoms with Crippen molar-refractivity contribution in [2.75, 3.05) is 14.7 Å². The highest BCUT2D eigenvalue weighted by Crippen LogP contribution is 2.50. The maximum atomic E-state index is 2.50. The van der Waals surface area contributed by atoms with Gasteiger partial charge in [0.2, 0.25) is 0 Å². The van der Waals surface area contributed by atoms with Gasteiger partial charge in [0, 0.05) is 67.9 Å². The molecule has 4 heteroatoms. The number of allylic oxidation sites excluding steroid dienone is 6. The molecule has 0 N–H and O–H groups in total. The van der Waals surface area contributed by atoms with Gasteiger partial charge in [-0.25, -0.2) is 0 Å². The molecule has 77 heavy (non-hydrogen) atoms. The molecule has 0 saturated carbocycles. The first-order chi connectivity index (χ1) is 38.1. The number of anilines is 8. The van der Waals surface area contributed by atoms with Gasteiger partial charge in [-0.1, -0.05) is 183 Å². The van der Waals surface area contributed by atoms with Crippen LogP contribution in [0.25, 0.3) is 55.3 Å². The Kier molecular flexibility index (Phi) is 11.7. The van der Waals surface area contributed by atoms with E-state index in [-0.39, 0.29) is 12.0 Å². The number of hydrogen-bond donors (Lipinski definition) is 0. The van der Waals surface area contributed by atoms with Crippen molar-refractivity contribution in [3.8, 4) is 27.9 Å². The monoisotopic (exact) mass is 988 g/mol. The lowest BCUT2D eigenvalue weighted by atomic mass is 9.90. The number of nitrogens with zero attached hydrogens (tertiary/aromatic N) is 4. The molecule has 0 saturated heterocycles. The Morgan fingerprint density at radius 2 is 0.857 bits per heavy atom. The second kappa shape index (κ2) is 19.6. The smallest absolute Gasteiger partial charge is 0.0629 e. The van der Waals surface area contributed by atoms with Crippen LogP contribution in [0.5, 0.6) is 0 Å². The Labute approximate surface area is 451 Å². The molecule has 14 rings (SSSR count). The highest BCUT2D eigenvalue weighted by molar-refractivity contribution is 6.10. The summed E-state index contributed by atoms with van der Waals surface area (Å²) in [5, 5.41) is 2.44. The minimum Gasteiger partial charge on any atom is -0.333 e. The van der Waals surface area contributed by atoms with E-state index in [2.05, 4.69) is 317 Å². The standard InChI is InChI=1S/C73H56N4/c1-51-16-15-19-57(48-51)56-34-42-63(43-35-56)75(65-45-47-73-69(50-65)67-25-12-14-27-71(67)77(73)59-22-9-4-10-23-59)62-40-32-55(33-41-62)54-30-38-61(39-31-54)74(60-36-28-53(29-37-60)52-17-5-2-6-18-52)64-44-46-72-68(49-64)66-24-11-13-26-70(66)76(72)58-20-7-3-8-21-58/h2-47,49-51,67,71H,48H2,1H3. The van der Waals surface area contributed by atoms with Crippen LogP contribution in [0.15, 0.2) is 291 Å². The van der Waals surface area contributed by atoms with Crippen LogP contribution in [-0.4, -0.2) is 10.6 Å². The predicted molar refractivity (Wildman–Crippen MR) is 325 cm³/mol. The first-order valence-electron chi connectivity index (χ1n) is 27.0. The fraction of sp³-hybridized carbons (Fsp3) is 0.0685. The first kappa shape index (κ1) is 45.9. The number of para-hydroxylation sites is 3. The molecule has 1 aliphatic heterocycles. The number of rotatable bonds is 11. The molecule has 10 aromatic carbocycles. The molecule has 2 heterocycles. The quantitative estimate of drug-likeness (QED) is 0.128. The Bertz CT molecular complexity index is 4060. The van der Waals surface area contributed by atoms with Crippen molar-refractivity contribution in [2.45, 2.75) is 25.3 Å². The molecule has 3 atom stereocenters. The van der Waals surface area contributed by atoms with E-state index in [1.54, 1.807) is 0 Å². The normalized spacial score (nSPS) is 16.4. The summed E-state index contributed by atoms with van der Waals surface area (Å²) < 4.78 is 2.38. The highest BCUT2D eigenvalue weighted by atomic mass is 15.2. The lowest BCUT2D eigenvalue weighted by Crippen LogP contribution is -2.28. The average molecular weight is 989 g/mol. The van der Waals surface area contributed by atoms with Crippen LogP contribution >= 0.6 is 0 Å². The SMILES string of the molecule is CC1C=CC=C(c2ccc(N(c3ccc(-c4ccc(N(c5ccc(-c6ccccc6)cc5)c5ccc6c(c5)c5ccccc5n6-c5ccccc5)cc4)cc3)c3ccc4c(c3)C3C=CC=CC3N4c3ccccc3)cc2)C1. The van der Waals surface area contributed by atoms with E-state index in [0.717, 1.165) is 57.4 Å². The van der Waals surface area contributed by atoms with Crippen molar-refractivity contribution in [3.63, 3.8) is 0 Å². The van der Waals surface area contributed by atoms with E-state index >= 15 is 0 Å². The van der Waals surface area contributed by atoms with E-state index in [0.29, 0.717) is 5.92 Å². The van der Waals surface area contributed by atoms with Gasteiger partial charge in [-0.05, 0) is 167 Å². The molecule has 3 aliphatic rings. The van der Waals surface area contributed by atoms with E-state index in [4.69, 9.17) is 0 Å². The van der Waals surface area contributed by atoms with Crippen LogP contribution in [-0.2, 0) is 0 Å². The van der Waals surface area contributed by atoms with Crippen molar-refractivity contribution in [1.82, 2.24) is 4.57 Å². The molecule has 11 aromatic rings. The summed E-state index contributed by atoms with van der Waals surface area (Å²) in [7, 11) is 0. The Morgan fingerprint density at radius 3 is 1.47 bits per heavy atom. The minimum atomic E-state index is 0.218. The topological polar surface area (TPSA) is 14.7 Å². The Balaban J connectivity index is 0.827. The molecule has 2 aliphatic carbocycles. The van der Waals surface area contributed by atoms with E-state index in [9.17, 15) is 0 Å². The summed E-state index contributed by atoms with van der Waals surface area (Å²) in [4.78, 5) is 7.31. The largest absolute Gasteiger partial charge is 0.333 e. The second-order valence-corrected chi connectivity index (χ2v) is 20.6. The summed E-state index contributed by atoms with van der Waals surface area (Å²) in [6, 6.07) is 91.4. The van der Waals surface area contributed by atoms with Crippen molar-refractivity contribution in [2.24, 2.45) is 5.92 Å². The van der Waals surface area contributed by atoms with E-state index in [1.165, 1.54) is 61.0 Å². The average Bonchev–Trinajstić information content (AvgIpc) is 4.01. The molecule has 368 valence electrons. The minimum absolute atomic E-state index is 0.218. The van der Waals surface area contributed by atoms with Gasteiger partial charge in [0.05, 0.1) is 17.1 Å². The summed E-state index contributed by atoms with van der Waals surface area (Å²) in [5.74, 6) is 0.772. The van der Waals surface area contributed by atoms with Crippen LogP contribution in [0.3, 0.4) is 0 Å². The molecule has 0 amide bonds. The lowest BCUT2D eigenvalue weighted by molar-refractivity contribution is 0.745. The molecule has 1 aromatic heterocycles. The van der Waals surface area contributed by atoms with Crippen molar-refractivity contribution in [1.29, 1.82) is 0 Å². The molecule has 0 bridgehead atoms. The van der Waals surface area contributed by atoms with Crippen molar-refractivity contribution >= 4 is 72.9 Å². The van der Waals surface area contributed by atoms with Crippen LogP contribution in [0.4, 0.5) is 45.5 Å². The van der Waals surface area contributed by atoms with Gasteiger partial charge in [-0.15, -0.1) is 0 Å². The summed E-state index contributed by atoms with van der Waals surface area (Å²) in [6.07, 6.45) is 16.9. The number of hydrogen-bond acceptors (Lipinski definition) is 3. The third kappa shape index (κ3) is 8.45. The van der Waals surface area contributed by atoms with Gasteiger partial charge >= 0.3 is 0 Å². The zero-order valence-corrected chi connectivity index (χ0v) is 42.9. The molecular formula is C73H56N4. The third-order valence-corrected chi connectivity index (χ3v) is 15.8. The van der Waals surface area contributed by atoms with E-state index in [1.807, 2.05) is 0 Å². The molecule has 3 unspecified atom stereocenters. The first-order valence-corrected chi connectivity index (χ1v) is 27.0. The molecular weight excluding hydrogens is 933 g/mol. The molecule has 0 fully saturated rings. The predicted octanol–water partition coefficient (Wildman–Crippen LogP) is 19.8. The van der Waals surface area contributed by atoms with Crippen LogP contribution in [0.2, 0.25) is 0 Å². The number of aromatic nitrogens is 1. The van der Waals surface area contributed by atoms with Crippen LogP contribution in [0, 0.1) is 5.92 Å². The fourth-order valence-electron chi connectivity index (χ4n) is 12.1. The van der Waals surface area contributed by atoms with Crippen molar-refractivity contribution < 1.29 is 0 Å². The Hall–Kier alpha value is -9.64. The summed E-state index contributed by atoms with van der Waals surface area (Å²) >= 11 is 0. The third-order valence-electron chi connectivity index (χ3n) is 15.8. The van der Waals surface area contributed by atoms with Crippen molar-refractivity contribution in [3.05, 3.63) is 302 Å². The molecule has 0 radical (unpaired) electrons. The maximum absolute atomic E-state index is 2.50. The maximum Gasteiger partial charge on any atom is 0.0629 e. The number of fused-ring (bicyclic) bond motifs is 6. The van der Waals surface area contributed by atoms with Gasteiger partial charge in [-0.2, -0.15) is 0 Å². The second-order valence-electron chi connectivity index (χ2n) is 20.6. The van der Waals surface area contributed by atoms with Gasteiger partial charge in [-0.3, -0.25) is 0 Å². The van der Waals surface area contributed by atoms with Gasteiger partial charge < -0.3 is 19.3 Å². The van der Waals surface area contributed by atoms with Gasteiger partial charge in [0.1, 0.15) is 0 Å². The molecule has 0 spiro atoms. The summed E-state index contributed by atoms with van der Waals surface area (Å²) in [6.45, 7) is 2.29. The summed E-state index contributed by atoms with van der Waals surface area (Å²) in [5.41, 5.74) is 21.3. The Morgan fingerprint density at radius 1 is 0.377 bits per heavy atom. The zero-order valence-electron chi connectivity index (χ0n) is 42.9.